The highest BCUT2D eigenvalue weighted by Gasteiger charge is 2.20. The topological polar surface area (TPSA) is 96.3 Å². The van der Waals surface area contributed by atoms with Gasteiger partial charge in [0.2, 0.25) is 14.9 Å². The highest BCUT2D eigenvalue weighted by molar-refractivity contribution is 7.14. The van der Waals surface area contributed by atoms with Crippen molar-refractivity contribution >= 4 is 45.4 Å². The quantitative estimate of drug-likeness (QED) is 0.279. The lowest BCUT2D eigenvalue weighted by Crippen LogP contribution is -2.20. The van der Waals surface area contributed by atoms with E-state index in [2.05, 4.69) is 15.1 Å². The Labute approximate surface area is 224 Å². The van der Waals surface area contributed by atoms with Crippen LogP contribution in [0.1, 0.15) is 22.4 Å². The first-order valence-corrected chi connectivity index (χ1v) is 13.3. The van der Waals surface area contributed by atoms with Crippen LogP contribution in [0.15, 0.2) is 69.8 Å². The Balaban J connectivity index is 1.59. The summed E-state index contributed by atoms with van der Waals surface area (Å²) in [6.45, 7) is 3.85. The number of aromatic nitrogens is 5. The molecule has 3 aromatic heterocycles. The number of esters is 1. The lowest BCUT2D eigenvalue weighted by molar-refractivity contribution is 0.0524. The second-order valence-corrected chi connectivity index (χ2v) is 10.1. The van der Waals surface area contributed by atoms with Crippen LogP contribution in [0.3, 0.4) is 0 Å². The molecule has 9 nitrogen and oxygen atoms in total. The molecule has 2 aromatic carbocycles. The molecule has 12 heteroatoms. The zero-order chi connectivity index (χ0) is 26.1. The second-order valence-electron chi connectivity index (χ2n) is 7.86. The molecule has 0 unspecified atom stereocenters. The molecule has 0 spiro atoms. The smallest absolute Gasteiger partial charge is 0.369 e. The summed E-state index contributed by atoms with van der Waals surface area (Å²) in [6.07, 6.45) is 0. The van der Waals surface area contributed by atoms with Crippen molar-refractivity contribution in [3.8, 4) is 22.6 Å². The van der Waals surface area contributed by atoms with Crippen LogP contribution in [0.2, 0.25) is 5.02 Å². The summed E-state index contributed by atoms with van der Waals surface area (Å²) in [7, 11) is 1.84. The standard InChI is InChI=1S/C25H21ClN6O3S2/c1-4-35-23(34)21-29-31(17-12-10-16(26)11-13-17)25(37-21)28-24-27-19(14-36-24)20-15(2)30(3)32(22(20)33)18-8-6-5-7-9-18/h5-14H,4H2,1-3H3/b28-25-. The van der Waals surface area contributed by atoms with E-state index < -0.39 is 5.97 Å². The summed E-state index contributed by atoms with van der Waals surface area (Å²) in [4.78, 5) is 35.5. The van der Waals surface area contributed by atoms with Crippen LogP contribution in [0.4, 0.5) is 5.13 Å². The number of hydrogen-bond acceptors (Lipinski definition) is 8. The number of nitrogens with zero attached hydrogens (tertiary/aromatic N) is 6. The Bertz CT molecular complexity index is 1710. The number of rotatable bonds is 6. The Morgan fingerprint density at radius 1 is 1.11 bits per heavy atom. The fourth-order valence-electron chi connectivity index (χ4n) is 3.76. The minimum Gasteiger partial charge on any atom is -0.461 e. The Morgan fingerprint density at radius 2 is 1.84 bits per heavy atom. The maximum absolute atomic E-state index is 13.4. The van der Waals surface area contributed by atoms with Crippen molar-refractivity contribution in [3.63, 3.8) is 0 Å². The Hall–Kier alpha value is -3.80. The van der Waals surface area contributed by atoms with Gasteiger partial charge in [0.1, 0.15) is 0 Å². The van der Waals surface area contributed by atoms with E-state index >= 15 is 0 Å². The lowest BCUT2D eigenvalue weighted by atomic mass is 10.2. The van der Waals surface area contributed by atoms with Gasteiger partial charge in [-0.3, -0.25) is 9.48 Å². The van der Waals surface area contributed by atoms with Crippen LogP contribution < -0.4 is 10.4 Å². The van der Waals surface area contributed by atoms with Gasteiger partial charge in [-0.25, -0.2) is 19.1 Å². The molecule has 0 saturated heterocycles. The first-order valence-electron chi connectivity index (χ1n) is 11.2. The Kier molecular flexibility index (Phi) is 6.92. The highest BCUT2D eigenvalue weighted by Crippen LogP contribution is 2.27. The van der Waals surface area contributed by atoms with Crippen LogP contribution in [-0.4, -0.2) is 36.7 Å². The molecule has 0 aliphatic carbocycles. The third-order valence-electron chi connectivity index (χ3n) is 5.57. The molecule has 0 atom stereocenters. The fraction of sp³-hybridized carbons (Fsp3) is 0.160. The molecule has 188 valence electrons. The molecule has 5 aromatic rings. The molecule has 0 amide bonds. The van der Waals surface area contributed by atoms with Gasteiger partial charge in [-0.15, -0.1) is 16.4 Å². The highest BCUT2D eigenvalue weighted by atomic mass is 35.5. The molecule has 5 rings (SSSR count). The molecule has 0 radical (unpaired) electrons. The van der Waals surface area contributed by atoms with Crippen LogP contribution in [0.5, 0.6) is 0 Å². The van der Waals surface area contributed by atoms with Crippen molar-refractivity contribution in [3.05, 3.63) is 90.9 Å². The number of carbonyl (C=O) groups excluding carboxylic acids is 1. The van der Waals surface area contributed by atoms with E-state index in [0.717, 1.165) is 22.7 Å². The summed E-state index contributed by atoms with van der Waals surface area (Å²) in [5.41, 5.74) is 3.10. The number of hydrogen-bond donors (Lipinski definition) is 0. The molecule has 0 aliphatic rings. The predicted octanol–water partition coefficient (Wildman–Crippen LogP) is 4.92. The number of benzene rings is 2. The number of thiazole rings is 1. The molecular formula is C25H21ClN6O3S2. The predicted molar refractivity (Wildman–Crippen MR) is 144 cm³/mol. The van der Waals surface area contributed by atoms with Crippen molar-refractivity contribution in [2.45, 2.75) is 13.8 Å². The van der Waals surface area contributed by atoms with Gasteiger partial charge >= 0.3 is 5.97 Å². The van der Waals surface area contributed by atoms with E-state index in [0.29, 0.717) is 31.9 Å². The van der Waals surface area contributed by atoms with E-state index in [4.69, 9.17) is 16.3 Å². The largest absolute Gasteiger partial charge is 0.461 e. The minimum atomic E-state index is -0.530. The van der Waals surface area contributed by atoms with E-state index in [1.807, 2.05) is 49.0 Å². The molecular weight excluding hydrogens is 532 g/mol. The second kappa shape index (κ2) is 10.3. The number of halogens is 1. The number of para-hydroxylation sites is 1. The summed E-state index contributed by atoms with van der Waals surface area (Å²) in [6, 6.07) is 16.5. The normalized spacial score (nSPS) is 11.7. The van der Waals surface area contributed by atoms with Crippen LogP contribution in [0.25, 0.3) is 22.6 Å². The lowest BCUT2D eigenvalue weighted by Gasteiger charge is -2.07. The third-order valence-corrected chi connectivity index (χ3v) is 7.45. The SMILES string of the molecule is CCOC(=O)c1nn(-c2ccc(Cl)cc2)/c(=N/c2nc(-c3c(C)n(C)n(-c4ccccc4)c3=O)cs2)s1. The van der Waals surface area contributed by atoms with Crippen molar-refractivity contribution in [1.29, 1.82) is 0 Å². The first-order chi connectivity index (χ1) is 17.9. The summed E-state index contributed by atoms with van der Waals surface area (Å²) in [5.74, 6) is -0.530. The molecule has 0 saturated carbocycles. The zero-order valence-corrected chi connectivity index (χ0v) is 22.5. The first kappa shape index (κ1) is 24.9. The fourth-order valence-corrected chi connectivity index (χ4v) is 5.42. The average molecular weight is 553 g/mol. The summed E-state index contributed by atoms with van der Waals surface area (Å²) >= 11 is 8.43. The molecule has 0 bridgehead atoms. The molecule has 0 aliphatic heterocycles. The molecule has 3 heterocycles. The molecule has 0 fully saturated rings. The molecule has 0 N–H and O–H groups in total. The van der Waals surface area contributed by atoms with Gasteiger partial charge in [0.15, 0.2) is 0 Å². The van der Waals surface area contributed by atoms with E-state index in [9.17, 15) is 9.59 Å². The van der Waals surface area contributed by atoms with E-state index in [1.54, 1.807) is 45.9 Å². The number of ether oxygens (including phenoxy) is 1. The summed E-state index contributed by atoms with van der Waals surface area (Å²) < 4.78 is 10.1. The van der Waals surface area contributed by atoms with Gasteiger partial charge in [0, 0.05) is 23.1 Å². The summed E-state index contributed by atoms with van der Waals surface area (Å²) in [5, 5.41) is 7.38. The maximum Gasteiger partial charge on any atom is 0.369 e. The third kappa shape index (κ3) is 4.80. The van der Waals surface area contributed by atoms with Crippen LogP contribution in [0, 0.1) is 6.92 Å². The van der Waals surface area contributed by atoms with Gasteiger partial charge < -0.3 is 4.74 Å². The van der Waals surface area contributed by atoms with Crippen LogP contribution in [-0.2, 0) is 11.8 Å². The van der Waals surface area contributed by atoms with Crippen molar-refractivity contribution in [2.75, 3.05) is 6.61 Å². The van der Waals surface area contributed by atoms with Crippen LogP contribution >= 0.6 is 34.3 Å². The van der Waals surface area contributed by atoms with Crippen molar-refractivity contribution in [2.24, 2.45) is 12.0 Å². The molecule has 37 heavy (non-hydrogen) atoms. The Morgan fingerprint density at radius 3 is 2.54 bits per heavy atom. The zero-order valence-electron chi connectivity index (χ0n) is 20.1. The van der Waals surface area contributed by atoms with Crippen molar-refractivity contribution < 1.29 is 9.53 Å². The van der Waals surface area contributed by atoms with Gasteiger partial charge in [-0.1, -0.05) is 41.1 Å². The maximum atomic E-state index is 13.4. The number of carbonyl (C=O) groups is 1. The van der Waals surface area contributed by atoms with Gasteiger partial charge in [0.25, 0.3) is 5.56 Å². The minimum absolute atomic E-state index is 0.164. The monoisotopic (exact) mass is 552 g/mol. The van der Waals surface area contributed by atoms with E-state index in [1.165, 1.54) is 11.3 Å². The van der Waals surface area contributed by atoms with Gasteiger partial charge in [0.05, 0.1) is 29.2 Å². The van der Waals surface area contributed by atoms with Gasteiger partial charge in [-0.2, -0.15) is 4.99 Å². The van der Waals surface area contributed by atoms with Gasteiger partial charge in [-0.05, 0) is 50.2 Å². The van der Waals surface area contributed by atoms with E-state index in [-0.39, 0.29) is 17.2 Å². The average Bonchev–Trinajstić information content (AvgIpc) is 3.58. The van der Waals surface area contributed by atoms with Crippen molar-refractivity contribution in [1.82, 2.24) is 24.1 Å².